The monoisotopic (exact) mass is 450 g/mol. The third-order valence-electron chi connectivity index (χ3n) is 4.46. The van der Waals surface area contributed by atoms with Crippen LogP contribution in [0.25, 0.3) is 0 Å². The van der Waals surface area contributed by atoms with Gasteiger partial charge in [-0.3, -0.25) is 0 Å². The molecule has 0 saturated carbocycles. The SMILES string of the molecule is CCS(=O)(=O)c1nc(S(=O)(=O)c2ccc(C)cc2)c(N[C@@H](C)c2ccccc2)s1. The molecule has 0 aliphatic heterocycles. The van der Waals surface area contributed by atoms with Crippen LogP contribution in [0.2, 0.25) is 0 Å². The number of anilines is 1. The van der Waals surface area contributed by atoms with Crippen molar-refractivity contribution < 1.29 is 16.8 Å². The molecule has 1 N–H and O–H groups in total. The molecule has 6 nitrogen and oxygen atoms in total. The van der Waals surface area contributed by atoms with Gasteiger partial charge in [-0.15, -0.1) is 0 Å². The van der Waals surface area contributed by atoms with Gasteiger partial charge in [-0.2, -0.15) is 0 Å². The molecule has 9 heteroatoms. The summed E-state index contributed by atoms with van der Waals surface area (Å²) in [6.07, 6.45) is 0. The van der Waals surface area contributed by atoms with Gasteiger partial charge in [0, 0.05) is 6.04 Å². The molecule has 1 heterocycles. The minimum Gasteiger partial charge on any atom is -0.368 e. The van der Waals surface area contributed by atoms with Gasteiger partial charge in [-0.1, -0.05) is 66.3 Å². The summed E-state index contributed by atoms with van der Waals surface area (Å²) in [5, 5.41) is 3.10. The molecule has 0 radical (unpaired) electrons. The van der Waals surface area contributed by atoms with Gasteiger partial charge in [0.15, 0.2) is 5.03 Å². The molecule has 0 spiro atoms. The highest BCUT2D eigenvalue weighted by atomic mass is 32.2. The second-order valence-electron chi connectivity index (χ2n) is 6.61. The zero-order chi connectivity index (χ0) is 21.2. The summed E-state index contributed by atoms with van der Waals surface area (Å²) in [7, 11) is -7.64. The van der Waals surface area contributed by atoms with E-state index in [-0.39, 0.29) is 31.1 Å². The molecule has 29 heavy (non-hydrogen) atoms. The van der Waals surface area contributed by atoms with E-state index in [9.17, 15) is 16.8 Å². The quantitative estimate of drug-likeness (QED) is 0.578. The lowest BCUT2D eigenvalue weighted by atomic mass is 10.1. The second kappa shape index (κ2) is 8.25. The Kier molecular flexibility index (Phi) is 6.11. The molecule has 0 aliphatic carbocycles. The van der Waals surface area contributed by atoms with Crippen LogP contribution in [0, 0.1) is 6.92 Å². The lowest BCUT2D eigenvalue weighted by molar-refractivity contribution is 0.590. The molecule has 0 fully saturated rings. The number of rotatable bonds is 7. The normalized spacial score (nSPS) is 13.2. The van der Waals surface area contributed by atoms with E-state index in [1.165, 1.54) is 19.1 Å². The number of aryl methyl sites for hydroxylation is 1. The van der Waals surface area contributed by atoms with Gasteiger partial charge < -0.3 is 5.32 Å². The first-order valence-electron chi connectivity index (χ1n) is 9.02. The summed E-state index contributed by atoms with van der Waals surface area (Å²) in [5.74, 6) is -0.155. The van der Waals surface area contributed by atoms with Crippen LogP contribution in [0.3, 0.4) is 0 Å². The molecule has 0 unspecified atom stereocenters. The van der Waals surface area contributed by atoms with Gasteiger partial charge >= 0.3 is 0 Å². The Morgan fingerprint density at radius 2 is 1.62 bits per heavy atom. The van der Waals surface area contributed by atoms with E-state index < -0.39 is 19.7 Å². The number of thiazole rings is 1. The van der Waals surface area contributed by atoms with Crippen LogP contribution in [0.4, 0.5) is 5.00 Å². The van der Waals surface area contributed by atoms with Crippen molar-refractivity contribution in [2.45, 2.75) is 41.1 Å². The first-order valence-corrected chi connectivity index (χ1v) is 13.0. The van der Waals surface area contributed by atoms with Crippen LogP contribution in [0.5, 0.6) is 0 Å². The number of hydrogen-bond donors (Lipinski definition) is 1. The van der Waals surface area contributed by atoms with Gasteiger partial charge in [-0.25, -0.2) is 21.8 Å². The van der Waals surface area contributed by atoms with Crippen molar-refractivity contribution in [3.63, 3.8) is 0 Å². The van der Waals surface area contributed by atoms with E-state index in [1.54, 1.807) is 12.1 Å². The smallest absolute Gasteiger partial charge is 0.226 e. The fraction of sp³-hybridized carbons (Fsp3) is 0.250. The highest BCUT2D eigenvalue weighted by Crippen LogP contribution is 2.37. The summed E-state index contributed by atoms with van der Waals surface area (Å²) in [5.41, 5.74) is 1.87. The highest BCUT2D eigenvalue weighted by molar-refractivity contribution is 7.94. The van der Waals surface area contributed by atoms with Crippen molar-refractivity contribution in [3.05, 3.63) is 65.7 Å². The summed E-state index contributed by atoms with van der Waals surface area (Å²) in [4.78, 5) is 4.12. The average Bonchev–Trinajstić information content (AvgIpc) is 3.14. The first-order chi connectivity index (χ1) is 13.6. The fourth-order valence-corrected chi connectivity index (χ4v) is 6.74. The molecule has 1 atom stereocenters. The van der Waals surface area contributed by atoms with Gasteiger partial charge in [0.2, 0.25) is 24.0 Å². The van der Waals surface area contributed by atoms with Gasteiger partial charge in [0.05, 0.1) is 10.6 Å². The molecule has 2 aromatic carbocycles. The number of nitrogens with one attached hydrogen (secondary N) is 1. The van der Waals surface area contributed by atoms with Crippen molar-refractivity contribution in [1.82, 2.24) is 4.98 Å². The molecule has 154 valence electrons. The molecule has 1 aromatic heterocycles. The maximum Gasteiger partial charge on any atom is 0.226 e. The lowest BCUT2D eigenvalue weighted by Gasteiger charge is -2.15. The molecule has 3 aromatic rings. The Morgan fingerprint density at radius 3 is 2.21 bits per heavy atom. The van der Waals surface area contributed by atoms with E-state index >= 15 is 0 Å². The number of sulfone groups is 2. The van der Waals surface area contributed by atoms with Crippen LogP contribution in [-0.2, 0) is 19.7 Å². The molecular weight excluding hydrogens is 428 g/mol. The van der Waals surface area contributed by atoms with Crippen molar-refractivity contribution >= 4 is 36.0 Å². The van der Waals surface area contributed by atoms with Gasteiger partial charge in [-0.05, 0) is 31.5 Å². The van der Waals surface area contributed by atoms with Gasteiger partial charge in [0.1, 0.15) is 5.00 Å². The molecule has 0 amide bonds. The average molecular weight is 451 g/mol. The topological polar surface area (TPSA) is 93.2 Å². The highest BCUT2D eigenvalue weighted by Gasteiger charge is 2.30. The zero-order valence-corrected chi connectivity index (χ0v) is 18.7. The molecule has 0 aliphatic rings. The Balaban J connectivity index is 2.11. The van der Waals surface area contributed by atoms with Gasteiger partial charge in [0.25, 0.3) is 0 Å². The lowest BCUT2D eigenvalue weighted by Crippen LogP contribution is -2.10. The standard InChI is InChI=1S/C20H22N2O4S3/c1-4-28(23,24)20-22-19(29(25,26)17-12-10-14(2)11-13-17)18(27-20)21-15(3)16-8-6-5-7-9-16/h5-13,15,21H,4H2,1-3H3/t15-/m0/s1. The summed E-state index contributed by atoms with van der Waals surface area (Å²) < 4.78 is 51.0. The first kappa shape index (κ1) is 21.5. The molecular formula is C20H22N2O4S3. The number of nitrogens with zero attached hydrogens (tertiary/aromatic N) is 1. The van der Waals surface area contributed by atoms with Crippen LogP contribution in [0.15, 0.2) is 68.9 Å². The van der Waals surface area contributed by atoms with E-state index in [2.05, 4.69) is 10.3 Å². The van der Waals surface area contributed by atoms with Crippen molar-refractivity contribution in [3.8, 4) is 0 Å². The largest absolute Gasteiger partial charge is 0.368 e. The summed E-state index contributed by atoms with van der Waals surface area (Å²) in [6, 6.07) is 15.7. The van der Waals surface area contributed by atoms with Crippen LogP contribution in [0.1, 0.15) is 31.0 Å². The predicted molar refractivity (Wildman–Crippen MR) is 115 cm³/mol. The maximum absolute atomic E-state index is 13.2. The Hall–Kier alpha value is -2.23. The molecule has 0 bridgehead atoms. The number of benzene rings is 2. The third kappa shape index (κ3) is 4.52. The maximum atomic E-state index is 13.2. The molecule has 3 rings (SSSR count). The van der Waals surface area contributed by atoms with E-state index in [1.807, 2.05) is 44.2 Å². The number of hydrogen-bond acceptors (Lipinski definition) is 7. The second-order valence-corrected chi connectivity index (χ2v) is 11.9. The molecule has 0 saturated heterocycles. The van der Waals surface area contributed by atoms with Crippen LogP contribution >= 0.6 is 11.3 Å². The van der Waals surface area contributed by atoms with E-state index in [0.29, 0.717) is 0 Å². The fourth-order valence-electron chi connectivity index (χ4n) is 2.67. The zero-order valence-electron chi connectivity index (χ0n) is 16.3. The Morgan fingerprint density at radius 1 is 1.00 bits per heavy atom. The summed E-state index contributed by atoms with van der Waals surface area (Å²) in [6.45, 7) is 5.25. The predicted octanol–water partition coefficient (Wildman–Crippen LogP) is 4.25. The minimum atomic E-state index is -3.99. The minimum absolute atomic E-state index is 0.0734. The third-order valence-corrected chi connectivity index (χ3v) is 9.46. The Bertz CT molecular complexity index is 1200. The van der Waals surface area contributed by atoms with Crippen molar-refractivity contribution in [2.75, 3.05) is 11.1 Å². The summed E-state index contributed by atoms with van der Waals surface area (Å²) >= 11 is 0.849. The van der Waals surface area contributed by atoms with E-state index in [0.717, 1.165) is 22.5 Å². The number of aromatic nitrogens is 1. The van der Waals surface area contributed by atoms with Crippen molar-refractivity contribution in [1.29, 1.82) is 0 Å². The van der Waals surface area contributed by atoms with Crippen molar-refractivity contribution in [2.24, 2.45) is 0 Å². The Labute approximate surface area is 175 Å². The van der Waals surface area contributed by atoms with Crippen LogP contribution < -0.4 is 5.32 Å². The van der Waals surface area contributed by atoms with E-state index in [4.69, 9.17) is 0 Å². The van der Waals surface area contributed by atoms with Crippen LogP contribution in [-0.4, -0.2) is 27.6 Å².